The van der Waals surface area contributed by atoms with Gasteiger partial charge in [0, 0.05) is 5.92 Å². The standard InChI is InChI=1S/C16H18S/c1-2-6-13(7-3-1)12-14-8-4-10-16-15(14)9-5-11-17-16/h1-3,6-7,10,12,15H,4-5,8-9,11H2. The SMILES string of the molecule is C(=C1CCC=C2SCCCC12)c1ccccc1. The zero-order valence-electron chi connectivity index (χ0n) is 10.1. The first-order valence-electron chi connectivity index (χ1n) is 6.52. The summed E-state index contributed by atoms with van der Waals surface area (Å²) in [7, 11) is 0. The summed E-state index contributed by atoms with van der Waals surface area (Å²) in [5, 5.41) is 0. The Hall–Kier alpha value is -0.950. The first-order chi connectivity index (χ1) is 8.43. The fourth-order valence-electron chi connectivity index (χ4n) is 2.78. The summed E-state index contributed by atoms with van der Waals surface area (Å²) < 4.78 is 0. The van der Waals surface area contributed by atoms with Crippen molar-refractivity contribution in [1.82, 2.24) is 0 Å². The molecule has 88 valence electrons. The maximum Gasteiger partial charge on any atom is 0.0109 e. The number of benzene rings is 1. The van der Waals surface area contributed by atoms with Gasteiger partial charge in [-0.2, -0.15) is 0 Å². The van der Waals surface area contributed by atoms with E-state index in [2.05, 4.69) is 54.2 Å². The minimum Gasteiger partial charge on any atom is -0.130 e. The molecule has 0 bridgehead atoms. The maximum atomic E-state index is 2.47. The summed E-state index contributed by atoms with van der Waals surface area (Å²) in [4.78, 5) is 1.64. The van der Waals surface area contributed by atoms with Gasteiger partial charge in [-0.3, -0.25) is 0 Å². The largest absolute Gasteiger partial charge is 0.130 e. The van der Waals surface area contributed by atoms with Crippen molar-refractivity contribution in [2.75, 3.05) is 5.75 Å². The van der Waals surface area contributed by atoms with Gasteiger partial charge >= 0.3 is 0 Å². The normalized spacial score (nSPS) is 26.5. The maximum absolute atomic E-state index is 2.47. The Bertz CT molecular complexity index is 442. The Labute approximate surface area is 108 Å². The van der Waals surface area contributed by atoms with Gasteiger partial charge in [0.1, 0.15) is 0 Å². The van der Waals surface area contributed by atoms with E-state index in [1.54, 1.807) is 10.5 Å². The monoisotopic (exact) mass is 242 g/mol. The molecule has 1 aliphatic carbocycles. The van der Waals surface area contributed by atoms with E-state index in [9.17, 15) is 0 Å². The van der Waals surface area contributed by atoms with Gasteiger partial charge in [-0.1, -0.05) is 48.1 Å². The molecule has 1 aliphatic heterocycles. The molecular formula is C16H18S. The van der Waals surface area contributed by atoms with Crippen LogP contribution in [0.15, 0.2) is 46.9 Å². The molecule has 1 fully saturated rings. The van der Waals surface area contributed by atoms with Crippen LogP contribution >= 0.6 is 11.8 Å². The first-order valence-corrected chi connectivity index (χ1v) is 7.50. The van der Waals surface area contributed by atoms with Crippen molar-refractivity contribution in [3.8, 4) is 0 Å². The van der Waals surface area contributed by atoms with E-state index in [-0.39, 0.29) is 0 Å². The molecule has 0 nitrogen and oxygen atoms in total. The van der Waals surface area contributed by atoms with Crippen molar-refractivity contribution >= 4 is 17.8 Å². The van der Waals surface area contributed by atoms with E-state index < -0.39 is 0 Å². The smallest absolute Gasteiger partial charge is 0.0109 e. The van der Waals surface area contributed by atoms with E-state index >= 15 is 0 Å². The van der Waals surface area contributed by atoms with E-state index in [1.807, 2.05) is 0 Å². The molecule has 2 aliphatic rings. The van der Waals surface area contributed by atoms with Crippen molar-refractivity contribution in [1.29, 1.82) is 0 Å². The molecule has 1 atom stereocenters. The third-order valence-electron chi connectivity index (χ3n) is 3.63. The van der Waals surface area contributed by atoms with Crippen LogP contribution in [0.4, 0.5) is 0 Å². The molecule has 1 heterocycles. The van der Waals surface area contributed by atoms with Crippen molar-refractivity contribution in [2.24, 2.45) is 5.92 Å². The van der Waals surface area contributed by atoms with Crippen LogP contribution in [-0.2, 0) is 0 Å². The van der Waals surface area contributed by atoms with Gasteiger partial charge in [0.25, 0.3) is 0 Å². The Morgan fingerprint density at radius 2 is 2.06 bits per heavy atom. The van der Waals surface area contributed by atoms with Crippen molar-refractivity contribution in [2.45, 2.75) is 25.7 Å². The van der Waals surface area contributed by atoms with E-state index in [4.69, 9.17) is 0 Å². The number of hydrogen-bond acceptors (Lipinski definition) is 1. The van der Waals surface area contributed by atoms with E-state index in [0.717, 1.165) is 5.92 Å². The molecule has 1 unspecified atom stereocenters. The molecule has 0 saturated carbocycles. The highest BCUT2D eigenvalue weighted by Crippen LogP contribution is 2.43. The second kappa shape index (κ2) is 5.14. The van der Waals surface area contributed by atoms with Gasteiger partial charge in [-0.15, -0.1) is 11.8 Å². The van der Waals surface area contributed by atoms with Crippen LogP contribution in [0.5, 0.6) is 0 Å². The molecular weight excluding hydrogens is 224 g/mol. The second-order valence-electron chi connectivity index (χ2n) is 4.82. The highest BCUT2D eigenvalue weighted by molar-refractivity contribution is 8.03. The summed E-state index contributed by atoms with van der Waals surface area (Å²) in [5.74, 6) is 2.06. The summed E-state index contributed by atoms with van der Waals surface area (Å²) in [6.07, 6.45) is 10.1. The Morgan fingerprint density at radius 3 is 2.94 bits per heavy atom. The lowest BCUT2D eigenvalue weighted by Crippen LogP contribution is -2.14. The van der Waals surface area contributed by atoms with Gasteiger partial charge in [0.2, 0.25) is 0 Å². The quantitative estimate of drug-likeness (QED) is 0.675. The molecule has 0 spiro atoms. The molecule has 0 N–H and O–H groups in total. The van der Waals surface area contributed by atoms with Crippen LogP contribution in [0.25, 0.3) is 6.08 Å². The van der Waals surface area contributed by atoms with Crippen LogP contribution in [0, 0.1) is 5.92 Å². The molecule has 1 aromatic carbocycles. The van der Waals surface area contributed by atoms with Crippen LogP contribution < -0.4 is 0 Å². The minimum atomic E-state index is 0.739. The van der Waals surface area contributed by atoms with Gasteiger partial charge in [0.15, 0.2) is 0 Å². The zero-order chi connectivity index (χ0) is 11.5. The zero-order valence-corrected chi connectivity index (χ0v) is 10.9. The Kier molecular flexibility index (Phi) is 3.37. The predicted octanol–water partition coefficient (Wildman–Crippen LogP) is 4.89. The lowest BCUT2D eigenvalue weighted by atomic mass is 9.85. The number of fused-ring (bicyclic) bond motifs is 1. The van der Waals surface area contributed by atoms with E-state index in [0.29, 0.717) is 0 Å². The number of hydrogen-bond donors (Lipinski definition) is 0. The third-order valence-corrected chi connectivity index (χ3v) is 4.90. The topological polar surface area (TPSA) is 0 Å². The molecule has 3 rings (SSSR count). The van der Waals surface area contributed by atoms with Crippen LogP contribution in [0.1, 0.15) is 31.2 Å². The lowest BCUT2D eigenvalue weighted by Gasteiger charge is -2.30. The van der Waals surface area contributed by atoms with Crippen LogP contribution in [0.3, 0.4) is 0 Å². The lowest BCUT2D eigenvalue weighted by molar-refractivity contribution is 0.601. The third kappa shape index (κ3) is 2.50. The molecule has 0 amide bonds. The molecule has 17 heavy (non-hydrogen) atoms. The van der Waals surface area contributed by atoms with Crippen molar-refractivity contribution in [3.05, 3.63) is 52.4 Å². The predicted molar refractivity (Wildman–Crippen MR) is 76.9 cm³/mol. The van der Waals surface area contributed by atoms with Crippen LogP contribution in [0.2, 0.25) is 0 Å². The number of thioether (sulfide) groups is 1. The van der Waals surface area contributed by atoms with Crippen molar-refractivity contribution in [3.63, 3.8) is 0 Å². The second-order valence-corrected chi connectivity index (χ2v) is 5.99. The summed E-state index contributed by atoms with van der Waals surface area (Å²) in [5.41, 5.74) is 3.01. The molecule has 1 saturated heterocycles. The molecule has 1 heteroatoms. The van der Waals surface area contributed by atoms with Gasteiger partial charge in [-0.05, 0) is 41.9 Å². The van der Waals surface area contributed by atoms with E-state index in [1.165, 1.54) is 37.0 Å². The fraction of sp³-hybridized carbons (Fsp3) is 0.375. The Balaban J connectivity index is 1.88. The van der Waals surface area contributed by atoms with Gasteiger partial charge in [-0.25, -0.2) is 0 Å². The highest BCUT2D eigenvalue weighted by Gasteiger charge is 2.25. The van der Waals surface area contributed by atoms with Crippen LogP contribution in [-0.4, -0.2) is 5.75 Å². The van der Waals surface area contributed by atoms with Gasteiger partial charge < -0.3 is 0 Å². The average Bonchev–Trinajstić information content (AvgIpc) is 2.40. The molecule has 0 radical (unpaired) electrons. The first kappa shape index (κ1) is 11.2. The minimum absolute atomic E-state index is 0.739. The van der Waals surface area contributed by atoms with Crippen molar-refractivity contribution < 1.29 is 0 Å². The fourth-order valence-corrected chi connectivity index (χ4v) is 4.03. The summed E-state index contributed by atoms with van der Waals surface area (Å²) in [6, 6.07) is 10.8. The molecule has 0 aromatic heterocycles. The summed E-state index contributed by atoms with van der Waals surface area (Å²) >= 11 is 2.08. The number of rotatable bonds is 1. The van der Waals surface area contributed by atoms with Gasteiger partial charge in [0.05, 0.1) is 0 Å². The average molecular weight is 242 g/mol. The highest BCUT2D eigenvalue weighted by atomic mass is 32.2. The Morgan fingerprint density at radius 1 is 1.18 bits per heavy atom. The summed E-state index contributed by atoms with van der Waals surface area (Å²) in [6.45, 7) is 0. The molecule has 1 aromatic rings. The number of allylic oxidation sites excluding steroid dienone is 3.